The van der Waals surface area contributed by atoms with Crippen LogP contribution in [0, 0.1) is 11.7 Å². The van der Waals surface area contributed by atoms with Crippen LogP contribution in [0.5, 0.6) is 0 Å². The average Bonchev–Trinajstić information content (AvgIpc) is 3.50. The number of hydrogen-bond donors (Lipinski definition) is 0. The Morgan fingerprint density at radius 2 is 1.91 bits per heavy atom. The summed E-state index contributed by atoms with van der Waals surface area (Å²) in [5.74, 6) is 1.47. The van der Waals surface area contributed by atoms with Gasteiger partial charge in [-0.25, -0.2) is 14.4 Å². The van der Waals surface area contributed by atoms with Gasteiger partial charge >= 0.3 is 0 Å². The molecule has 2 aliphatic rings. The Morgan fingerprint density at radius 1 is 1.06 bits per heavy atom. The number of anilines is 1. The van der Waals surface area contributed by atoms with Crippen molar-refractivity contribution in [3.63, 3.8) is 0 Å². The van der Waals surface area contributed by atoms with Crippen molar-refractivity contribution in [2.45, 2.75) is 32.2 Å². The minimum Gasteiger partial charge on any atom is -0.356 e. The Kier molecular flexibility index (Phi) is 5.33. The third kappa shape index (κ3) is 3.76. The van der Waals surface area contributed by atoms with Gasteiger partial charge in [-0.3, -0.25) is 9.36 Å². The minimum absolute atomic E-state index is 0.0724. The van der Waals surface area contributed by atoms with Gasteiger partial charge in [0.25, 0.3) is 5.56 Å². The van der Waals surface area contributed by atoms with Gasteiger partial charge in [-0.2, -0.15) is 0 Å². The number of aromatic nitrogens is 3. The molecule has 0 radical (unpaired) electrons. The van der Waals surface area contributed by atoms with Crippen LogP contribution in [-0.4, -0.2) is 27.6 Å². The zero-order valence-electron chi connectivity index (χ0n) is 18.7. The topological polar surface area (TPSA) is 51.0 Å². The SMILES string of the molecule is O=c1c2cc(N3CCC(Cc4ccccc4)C3)nc(-c3ccc(Cl)cc3F)c2nc2n1CCC2. The largest absolute Gasteiger partial charge is 0.356 e. The fraction of sp³-hybridized carbons (Fsp3) is 0.296. The van der Waals surface area contributed by atoms with Crippen LogP contribution in [0.1, 0.15) is 24.2 Å². The van der Waals surface area contributed by atoms with E-state index < -0.39 is 5.82 Å². The summed E-state index contributed by atoms with van der Waals surface area (Å²) in [4.78, 5) is 25.2. The second-order valence-electron chi connectivity index (χ2n) is 9.23. The summed E-state index contributed by atoms with van der Waals surface area (Å²) in [5.41, 5.74) is 2.43. The maximum Gasteiger partial charge on any atom is 0.261 e. The van der Waals surface area contributed by atoms with Crippen molar-refractivity contribution in [2.24, 2.45) is 5.92 Å². The Hall–Kier alpha value is -3.25. The zero-order valence-corrected chi connectivity index (χ0v) is 19.4. The molecule has 6 rings (SSSR count). The number of pyridine rings is 1. The van der Waals surface area contributed by atoms with Gasteiger partial charge < -0.3 is 4.90 Å². The average molecular weight is 475 g/mol. The quantitative estimate of drug-likeness (QED) is 0.404. The number of hydrogen-bond acceptors (Lipinski definition) is 4. The highest BCUT2D eigenvalue weighted by Crippen LogP contribution is 2.33. The first-order valence-electron chi connectivity index (χ1n) is 11.8. The van der Waals surface area contributed by atoms with Crippen molar-refractivity contribution in [2.75, 3.05) is 18.0 Å². The molecule has 1 atom stereocenters. The summed E-state index contributed by atoms with van der Waals surface area (Å²) in [6.45, 7) is 2.36. The molecule has 0 amide bonds. The molecule has 0 aliphatic carbocycles. The molecule has 1 fully saturated rings. The van der Waals surface area contributed by atoms with Crippen molar-refractivity contribution < 1.29 is 4.39 Å². The Morgan fingerprint density at radius 3 is 2.74 bits per heavy atom. The van der Waals surface area contributed by atoms with E-state index in [1.165, 1.54) is 11.6 Å². The van der Waals surface area contributed by atoms with Crippen LogP contribution in [-0.2, 0) is 19.4 Å². The van der Waals surface area contributed by atoms with Gasteiger partial charge in [-0.15, -0.1) is 0 Å². The summed E-state index contributed by atoms with van der Waals surface area (Å²) < 4.78 is 16.7. The second-order valence-corrected chi connectivity index (χ2v) is 9.66. The molecule has 34 heavy (non-hydrogen) atoms. The highest BCUT2D eigenvalue weighted by atomic mass is 35.5. The van der Waals surface area contributed by atoms with E-state index in [-0.39, 0.29) is 5.56 Å². The van der Waals surface area contributed by atoms with Gasteiger partial charge in [0.15, 0.2) is 0 Å². The summed E-state index contributed by atoms with van der Waals surface area (Å²) in [5, 5.41) is 0.811. The number of aryl methyl sites for hydroxylation is 1. The molecule has 0 saturated carbocycles. The predicted octanol–water partition coefficient (Wildman–Crippen LogP) is 5.27. The molecule has 2 aromatic heterocycles. The van der Waals surface area contributed by atoms with Crippen LogP contribution in [0.4, 0.5) is 10.2 Å². The smallest absolute Gasteiger partial charge is 0.261 e. The molecule has 2 aliphatic heterocycles. The van der Waals surface area contributed by atoms with Crippen LogP contribution in [0.25, 0.3) is 22.2 Å². The lowest BCUT2D eigenvalue weighted by Crippen LogP contribution is -2.24. The molecule has 0 N–H and O–H groups in total. The van der Waals surface area contributed by atoms with Crippen molar-refractivity contribution >= 4 is 28.3 Å². The van der Waals surface area contributed by atoms with E-state index in [2.05, 4.69) is 29.2 Å². The van der Waals surface area contributed by atoms with E-state index in [0.29, 0.717) is 45.5 Å². The van der Waals surface area contributed by atoms with Gasteiger partial charge in [0.2, 0.25) is 0 Å². The van der Waals surface area contributed by atoms with E-state index in [4.69, 9.17) is 21.6 Å². The number of rotatable bonds is 4. The third-order valence-corrected chi connectivity index (χ3v) is 7.19. The van der Waals surface area contributed by atoms with Crippen molar-refractivity contribution in [3.8, 4) is 11.3 Å². The van der Waals surface area contributed by atoms with E-state index in [9.17, 15) is 4.79 Å². The lowest BCUT2D eigenvalue weighted by Gasteiger charge is -2.20. The second kappa shape index (κ2) is 8.51. The summed E-state index contributed by atoms with van der Waals surface area (Å²) in [6, 6.07) is 16.9. The molecule has 1 saturated heterocycles. The minimum atomic E-state index is -0.468. The van der Waals surface area contributed by atoms with E-state index >= 15 is 4.39 Å². The fourth-order valence-electron chi connectivity index (χ4n) is 5.26. The Labute approximate surface area is 201 Å². The molecule has 5 nitrogen and oxygen atoms in total. The van der Waals surface area contributed by atoms with Gasteiger partial charge in [0, 0.05) is 36.6 Å². The van der Waals surface area contributed by atoms with Crippen LogP contribution in [0.2, 0.25) is 5.02 Å². The molecule has 0 spiro atoms. The molecule has 4 aromatic rings. The number of benzene rings is 2. The van der Waals surface area contributed by atoms with E-state index in [1.807, 2.05) is 12.1 Å². The van der Waals surface area contributed by atoms with Gasteiger partial charge in [-0.1, -0.05) is 41.9 Å². The molecule has 2 aromatic carbocycles. The lowest BCUT2D eigenvalue weighted by atomic mass is 9.99. The maximum atomic E-state index is 15.0. The van der Waals surface area contributed by atoms with Crippen molar-refractivity contribution in [3.05, 3.63) is 87.2 Å². The number of fused-ring (bicyclic) bond motifs is 2. The van der Waals surface area contributed by atoms with Crippen LogP contribution >= 0.6 is 11.6 Å². The highest BCUT2D eigenvalue weighted by molar-refractivity contribution is 6.30. The normalized spacial score (nSPS) is 17.5. The molecule has 172 valence electrons. The Bertz CT molecular complexity index is 1450. The summed E-state index contributed by atoms with van der Waals surface area (Å²) in [6.07, 6.45) is 3.67. The lowest BCUT2D eigenvalue weighted by molar-refractivity contribution is 0.586. The molecular weight excluding hydrogens is 451 g/mol. The molecular formula is C27H24ClFN4O. The van der Waals surface area contributed by atoms with Crippen LogP contribution < -0.4 is 10.5 Å². The molecule has 7 heteroatoms. The monoisotopic (exact) mass is 474 g/mol. The summed E-state index contributed by atoms with van der Waals surface area (Å²) >= 11 is 6.00. The van der Waals surface area contributed by atoms with Gasteiger partial charge in [0.1, 0.15) is 28.7 Å². The molecule has 0 bridgehead atoms. The van der Waals surface area contributed by atoms with Crippen molar-refractivity contribution in [1.82, 2.24) is 14.5 Å². The Balaban J connectivity index is 1.45. The fourth-order valence-corrected chi connectivity index (χ4v) is 5.41. The standard InChI is InChI=1S/C27H24ClFN4O/c28-19-8-9-20(22(29)14-19)25-26-21(27(34)33-11-4-7-23(33)30-26)15-24(31-25)32-12-10-18(16-32)13-17-5-2-1-3-6-17/h1-3,5-6,8-9,14-15,18H,4,7,10-13,16H2. The van der Waals surface area contributed by atoms with E-state index in [1.54, 1.807) is 16.7 Å². The highest BCUT2D eigenvalue weighted by Gasteiger charge is 2.27. The predicted molar refractivity (Wildman–Crippen MR) is 133 cm³/mol. The van der Waals surface area contributed by atoms with Gasteiger partial charge in [-0.05, 0) is 55.0 Å². The van der Waals surface area contributed by atoms with Gasteiger partial charge in [0.05, 0.1) is 5.39 Å². The number of nitrogens with zero attached hydrogens (tertiary/aromatic N) is 4. The zero-order chi connectivity index (χ0) is 23.2. The van der Waals surface area contributed by atoms with Crippen LogP contribution in [0.3, 0.4) is 0 Å². The maximum absolute atomic E-state index is 15.0. The number of halogens is 2. The van der Waals surface area contributed by atoms with Crippen molar-refractivity contribution in [1.29, 1.82) is 0 Å². The van der Waals surface area contributed by atoms with E-state index in [0.717, 1.165) is 44.6 Å². The summed E-state index contributed by atoms with van der Waals surface area (Å²) in [7, 11) is 0. The first kappa shape index (κ1) is 21.3. The third-order valence-electron chi connectivity index (χ3n) is 6.95. The first-order valence-corrected chi connectivity index (χ1v) is 12.1. The molecule has 1 unspecified atom stereocenters. The molecule has 4 heterocycles. The van der Waals surface area contributed by atoms with Crippen LogP contribution in [0.15, 0.2) is 59.4 Å². The first-order chi connectivity index (χ1) is 16.6.